The molecule has 26 heavy (non-hydrogen) atoms. The molecule has 0 saturated heterocycles. The fraction of sp³-hybridized carbons (Fsp3) is 0.300. The van der Waals surface area contributed by atoms with Gasteiger partial charge < -0.3 is 10.6 Å². The van der Waals surface area contributed by atoms with Crippen molar-refractivity contribution < 1.29 is 14.0 Å². The zero-order chi connectivity index (χ0) is 18.8. The summed E-state index contributed by atoms with van der Waals surface area (Å²) >= 11 is 1.23. The number of carbonyl (C=O) groups excluding carboxylic acids is 2. The van der Waals surface area contributed by atoms with Crippen LogP contribution in [0.5, 0.6) is 0 Å². The topological polar surface area (TPSA) is 58.2 Å². The van der Waals surface area contributed by atoms with Crippen LogP contribution in [-0.2, 0) is 16.0 Å². The number of amides is 2. The number of thioether (sulfide) groups is 1. The summed E-state index contributed by atoms with van der Waals surface area (Å²) in [5.41, 5.74) is 2.55. The van der Waals surface area contributed by atoms with Crippen LogP contribution in [0, 0.1) is 5.82 Å². The van der Waals surface area contributed by atoms with Gasteiger partial charge in [-0.05, 0) is 54.8 Å². The minimum atomic E-state index is -0.354. The van der Waals surface area contributed by atoms with E-state index in [0.29, 0.717) is 5.69 Å². The van der Waals surface area contributed by atoms with E-state index in [1.807, 2.05) is 24.3 Å². The molecule has 138 valence electrons. The van der Waals surface area contributed by atoms with Gasteiger partial charge in [0.1, 0.15) is 5.82 Å². The number of rotatable bonds is 9. The number of anilines is 2. The molecule has 2 aromatic carbocycles. The lowest BCUT2D eigenvalue weighted by Crippen LogP contribution is -2.18. The number of halogens is 1. The molecule has 0 unspecified atom stereocenters. The summed E-state index contributed by atoms with van der Waals surface area (Å²) in [7, 11) is 0. The second kappa shape index (κ2) is 10.6. The summed E-state index contributed by atoms with van der Waals surface area (Å²) in [5.74, 6) is -0.386. The van der Waals surface area contributed by atoms with E-state index >= 15 is 0 Å². The predicted molar refractivity (Wildman–Crippen MR) is 106 cm³/mol. The molecule has 0 radical (unpaired) electrons. The van der Waals surface area contributed by atoms with Gasteiger partial charge in [0.05, 0.1) is 11.5 Å². The molecule has 4 nitrogen and oxygen atoms in total. The number of aryl methyl sites for hydroxylation is 1. The second-order valence-corrected chi connectivity index (χ2v) is 6.88. The average Bonchev–Trinajstić information content (AvgIpc) is 2.63. The molecular formula is C20H23FN2O2S. The van der Waals surface area contributed by atoms with Gasteiger partial charge in [-0.3, -0.25) is 9.59 Å². The fourth-order valence-corrected chi connectivity index (χ4v) is 2.92. The van der Waals surface area contributed by atoms with Crippen LogP contribution in [0.25, 0.3) is 0 Å². The van der Waals surface area contributed by atoms with Gasteiger partial charge in [-0.25, -0.2) is 4.39 Å². The summed E-state index contributed by atoms with van der Waals surface area (Å²) in [6.45, 7) is 2.16. The average molecular weight is 374 g/mol. The minimum absolute atomic E-state index is 0.147. The SMILES string of the molecule is CCCCc1ccc(NC(=O)CSCC(=O)Nc2ccc(F)cc2)cc1. The van der Waals surface area contributed by atoms with Crippen molar-refractivity contribution in [3.63, 3.8) is 0 Å². The van der Waals surface area contributed by atoms with E-state index in [2.05, 4.69) is 17.6 Å². The van der Waals surface area contributed by atoms with Crippen molar-refractivity contribution in [1.82, 2.24) is 0 Å². The van der Waals surface area contributed by atoms with E-state index < -0.39 is 0 Å². The maximum atomic E-state index is 12.8. The van der Waals surface area contributed by atoms with Crippen molar-refractivity contribution in [3.05, 3.63) is 59.9 Å². The molecule has 0 saturated carbocycles. The highest BCUT2D eigenvalue weighted by Crippen LogP contribution is 2.13. The van der Waals surface area contributed by atoms with Gasteiger partial charge in [-0.2, -0.15) is 0 Å². The minimum Gasteiger partial charge on any atom is -0.325 e. The van der Waals surface area contributed by atoms with Crippen LogP contribution >= 0.6 is 11.8 Å². The van der Waals surface area contributed by atoms with Crippen LogP contribution in [-0.4, -0.2) is 23.3 Å². The van der Waals surface area contributed by atoms with Crippen molar-refractivity contribution >= 4 is 35.0 Å². The molecule has 0 aliphatic rings. The molecule has 0 aliphatic heterocycles. The summed E-state index contributed by atoms with van der Waals surface area (Å²) in [6, 6.07) is 13.4. The fourth-order valence-electron chi connectivity index (χ4n) is 2.30. The normalized spacial score (nSPS) is 10.4. The quantitative estimate of drug-likeness (QED) is 0.680. The van der Waals surface area contributed by atoms with Gasteiger partial charge in [-0.15, -0.1) is 11.8 Å². The van der Waals surface area contributed by atoms with Crippen molar-refractivity contribution in [3.8, 4) is 0 Å². The van der Waals surface area contributed by atoms with E-state index in [-0.39, 0.29) is 29.1 Å². The Morgan fingerprint density at radius 1 is 0.885 bits per heavy atom. The first-order valence-corrected chi connectivity index (χ1v) is 9.74. The standard InChI is InChI=1S/C20H23FN2O2S/c1-2-3-4-15-5-9-17(10-6-15)22-19(24)13-26-14-20(25)23-18-11-7-16(21)8-12-18/h5-12H,2-4,13-14H2,1H3,(H,22,24)(H,23,25). The third-order valence-corrected chi connectivity index (χ3v) is 4.58. The molecule has 0 spiro atoms. The molecule has 0 aliphatic carbocycles. The Bertz CT molecular complexity index is 718. The summed E-state index contributed by atoms with van der Waals surface area (Å²) in [4.78, 5) is 23.7. The molecule has 0 bridgehead atoms. The Morgan fingerprint density at radius 3 is 1.88 bits per heavy atom. The van der Waals surface area contributed by atoms with Gasteiger partial charge in [0.15, 0.2) is 0 Å². The highest BCUT2D eigenvalue weighted by Gasteiger charge is 2.07. The van der Waals surface area contributed by atoms with Crippen molar-refractivity contribution in [1.29, 1.82) is 0 Å². The smallest absolute Gasteiger partial charge is 0.234 e. The lowest BCUT2D eigenvalue weighted by atomic mass is 10.1. The van der Waals surface area contributed by atoms with Gasteiger partial charge >= 0.3 is 0 Å². The molecule has 2 amide bonds. The van der Waals surface area contributed by atoms with Crippen LogP contribution in [0.2, 0.25) is 0 Å². The number of hydrogen-bond acceptors (Lipinski definition) is 3. The monoisotopic (exact) mass is 374 g/mol. The first kappa shape index (κ1) is 20.0. The lowest BCUT2D eigenvalue weighted by Gasteiger charge is -2.07. The zero-order valence-corrected chi connectivity index (χ0v) is 15.6. The Labute approximate surface area is 157 Å². The zero-order valence-electron chi connectivity index (χ0n) is 14.8. The second-order valence-electron chi connectivity index (χ2n) is 5.90. The van der Waals surface area contributed by atoms with Gasteiger partial charge in [0, 0.05) is 11.4 Å². The van der Waals surface area contributed by atoms with Gasteiger partial charge in [0.25, 0.3) is 0 Å². The Balaban J connectivity index is 1.68. The lowest BCUT2D eigenvalue weighted by molar-refractivity contribution is -0.114. The number of nitrogens with one attached hydrogen (secondary N) is 2. The number of hydrogen-bond donors (Lipinski definition) is 2. The van der Waals surface area contributed by atoms with Crippen LogP contribution in [0.15, 0.2) is 48.5 Å². The van der Waals surface area contributed by atoms with E-state index in [1.165, 1.54) is 41.6 Å². The third-order valence-electron chi connectivity index (χ3n) is 3.65. The Kier molecular flexibility index (Phi) is 8.15. The maximum absolute atomic E-state index is 12.8. The highest BCUT2D eigenvalue weighted by molar-refractivity contribution is 8.00. The molecule has 0 fully saturated rings. The van der Waals surface area contributed by atoms with Crippen molar-refractivity contribution in [2.75, 3.05) is 22.1 Å². The molecule has 2 aromatic rings. The predicted octanol–water partition coefficient (Wildman–Crippen LogP) is 4.48. The number of unbranched alkanes of at least 4 members (excludes halogenated alkanes) is 1. The first-order valence-electron chi connectivity index (χ1n) is 8.59. The molecule has 6 heteroatoms. The van der Waals surface area contributed by atoms with E-state index in [1.54, 1.807) is 0 Å². The molecule has 0 atom stereocenters. The molecule has 2 rings (SSSR count). The van der Waals surface area contributed by atoms with Crippen molar-refractivity contribution in [2.45, 2.75) is 26.2 Å². The van der Waals surface area contributed by atoms with E-state index in [9.17, 15) is 14.0 Å². The summed E-state index contributed by atoms with van der Waals surface area (Å²) in [6.07, 6.45) is 3.36. The molecule has 2 N–H and O–H groups in total. The van der Waals surface area contributed by atoms with E-state index in [0.717, 1.165) is 24.9 Å². The third kappa shape index (κ3) is 7.27. The van der Waals surface area contributed by atoms with Crippen molar-refractivity contribution in [2.24, 2.45) is 0 Å². The van der Waals surface area contributed by atoms with E-state index in [4.69, 9.17) is 0 Å². The summed E-state index contributed by atoms with van der Waals surface area (Å²) < 4.78 is 12.8. The Morgan fingerprint density at radius 2 is 1.38 bits per heavy atom. The van der Waals surface area contributed by atoms with Crippen LogP contribution in [0.4, 0.5) is 15.8 Å². The van der Waals surface area contributed by atoms with Gasteiger partial charge in [0.2, 0.25) is 11.8 Å². The van der Waals surface area contributed by atoms with Crippen LogP contribution < -0.4 is 10.6 Å². The van der Waals surface area contributed by atoms with Crippen LogP contribution in [0.3, 0.4) is 0 Å². The largest absolute Gasteiger partial charge is 0.325 e. The molecule has 0 heterocycles. The maximum Gasteiger partial charge on any atom is 0.234 e. The van der Waals surface area contributed by atoms with Crippen LogP contribution in [0.1, 0.15) is 25.3 Å². The first-order chi connectivity index (χ1) is 12.6. The number of benzene rings is 2. The highest BCUT2D eigenvalue weighted by atomic mass is 32.2. The Hall–Kier alpha value is -2.34. The molecular weight excluding hydrogens is 351 g/mol. The summed E-state index contributed by atoms with van der Waals surface area (Å²) in [5, 5.41) is 5.48. The number of carbonyl (C=O) groups is 2. The molecule has 0 aromatic heterocycles. The van der Waals surface area contributed by atoms with Gasteiger partial charge in [-0.1, -0.05) is 25.5 Å².